The maximum atomic E-state index is 12.3. The molecule has 0 unspecified atom stereocenters. The first-order chi connectivity index (χ1) is 14.0. The highest BCUT2D eigenvalue weighted by Gasteiger charge is 2.28. The van der Waals surface area contributed by atoms with Gasteiger partial charge in [-0.15, -0.1) is 0 Å². The van der Waals surface area contributed by atoms with Crippen LogP contribution in [0.1, 0.15) is 11.1 Å². The lowest BCUT2D eigenvalue weighted by atomic mass is 10.2. The zero-order valence-electron chi connectivity index (χ0n) is 15.9. The highest BCUT2D eigenvalue weighted by molar-refractivity contribution is 8.18. The first-order valence-corrected chi connectivity index (χ1v) is 10.1. The first-order valence-electron chi connectivity index (χ1n) is 9.33. The predicted molar refractivity (Wildman–Crippen MR) is 116 cm³/mol. The molecule has 0 spiro atoms. The third-order valence-corrected chi connectivity index (χ3v) is 5.95. The molecule has 0 atom stereocenters. The van der Waals surface area contributed by atoms with Crippen molar-refractivity contribution in [1.29, 1.82) is 0 Å². The average molecular weight is 408 g/mol. The molecule has 4 rings (SSSR count). The van der Waals surface area contributed by atoms with Crippen LogP contribution in [0.25, 0.3) is 6.08 Å². The molecular weight excluding hydrogens is 388 g/mol. The normalized spacial score (nSPS) is 18.3. The Balaban J connectivity index is 1.41. The van der Waals surface area contributed by atoms with E-state index in [0.29, 0.717) is 15.6 Å². The van der Waals surface area contributed by atoms with Crippen molar-refractivity contribution in [3.8, 4) is 0 Å². The number of carbonyl (C=O) groups excluding carboxylic acids is 1. The average Bonchev–Trinajstić information content (AvgIpc) is 3.08. The number of aryl methyl sites for hydroxylation is 1. The van der Waals surface area contributed by atoms with Gasteiger partial charge in [0, 0.05) is 44.0 Å². The Labute approximate surface area is 172 Å². The highest BCUT2D eigenvalue weighted by atomic mass is 32.2. The fraction of sp³-hybridized carbons (Fsp3) is 0.238. The van der Waals surface area contributed by atoms with E-state index in [0.717, 1.165) is 26.2 Å². The van der Waals surface area contributed by atoms with E-state index in [-0.39, 0.29) is 11.6 Å². The van der Waals surface area contributed by atoms with Gasteiger partial charge in [-0.3, -0.25) is 14.9 Å². The molecule has 0 saturated carbocycles. The molecule has 2 aromatic carbocycles. The molecule has 7 nitrogen and oxygen atoms in total. The van der Waals surface area contributed by atoms with Crippen molar-refractivity contribution in [2.75, 3.05) is 31.1 Å². The summed E-state index contributed by atoms with van der Waals surface area (Å²) in [4.78, 5) is 32.0. The first kappa shape index (κ1) is 19.2. The second kappa shape index (κ2) is 8.08. The highest BCUT2D eigenvalue weighted by Crippen LogP contribution is 2.31. The zero-order valence-corrected chi connectivity index (χ0v) is 16.8. The number of nitro groups is 1. The van der Waals surface area contributed by atoms with Crippen molar-refractivity contribution in [2.45, 2.75) is 6.92 Å². The Morgan fingerprint density at radius 3 is 2.52 bits per heavy atom. The molecule has 0 radical (unpaired) electrons. The van der Waals surface area contributed by atoms with Crippen LogP contribution < -0.4 is 4.90 Å². The number of amides is 1. The third kappa shape index (κ3) is 4.32. The van der Waals surface area contributed by atoms with Crippen molar-refractivity contribution in [1.82, 2.24) is 4.90 Å². The standard InChI is InChI=1S/C21H20N4O3S/c1-15-4-2-6-17(12-15)23-8-10-24(11-9-23)21-22-20(26)19(29-21)14-16-5-3-7-18(13-16)25(27)28/h2-7,12-14H,8-11H2,1H3/b19-14+. The summed E-state index contributed by atoms with van der Waals surface area (Å²) in [6, 6.07) is 14.7. The Bertz CT molecular complexity index is 1030. The van der Waals surface area contributed by atoms with Gasteiger partial charge in [0.05, 0.1) is 9.83 Å². The predicted octanol–water partition coefficient (Wildman–Crippen LogP) is 3.70. The number of thioether (sulfide) groups is 1. The SMILES string of the molecule is Cc1cccc(N2CCN(C3=NC(=O)/C(=C\c4cccc([N+](=O)[O-])c4)S3)CC2)c1. The molecule has 1 fully saturated rings. The fourth-order valence-electron chi connectivity index (χ4n) is 3.39. The van der Waals surface area contributed by atoms with Crippen LogP contribution in [0.2, 0.25) is 0 Å². The lowest BCUT2D eigenvalue weighted by molar-refractivity contribution is -0.384. The van der Waals surface area contributed by atoms with Crippen LogP contribution in [0.5, 0.6) is 0 Å². The van der Waals surface area contributed by atoms with Crippen LogP contribution in [0.15, 0.2) is 58.4 Å². The van der Waals surface area contributed by atoms with E-state index in [1.807, 2.05) is 0 Å². The summed E-state index contributed by atoms with van der Waals surface area (Å²) in [5.41, 5.74) is 3.08. The molecule has 8 heteroatoms. The number of hydrogen-bond acceptors (Lipinski definition) is 6. The fourth-order valence-corrected chi connectivity index (χ4v) is 4.36. The number of nitrogens with zero attached hydrogens (tertiary/aromatic N) is 4. The summed E-state index contributed by atoms with van der Waals surface area (Å²) in [7, 11) is 0. The van der Waals surface area contributed by atoms with Crippen LogP contribution in [0, 0.1) is 17.0 Å². The van der Waals surface area contributed by atoms with E-state index in [4.69, 9.17) is 0 Å². The molecule has 0 aromatic heterocycles. The van der Waals surface area contributed by atoms with Gasteiger partial charge in [-0.25, -0.2) is 0 Å². The maximum absolute atomic E-state index is 12.3. The summed E-state index contributed by atoms with van der Waals surface area (Å²) < 4.78 is 0. The quantitative estimate of drug-likeness (QED) is 0.438. The monoisotopic (exact) mass is 408 g/mol. The van der Waals surface area contributed by atoms with E-state index in [2.05, 4.69) is 46.0 Å². The topological polar surface area (TPSA) is 79.0 Å². The molecule has 2 aromatic rings. The minimum Gasteiger partial charge on any atom is -0.368 e. The van der Waals surface area contributed by atoms with Crippen molar-refractivity contribution in [2.24, 2.45) is 4.99 Å². The van der Waals surface area contributed by atoms with Crippen molar-refractivity contribution >= 4 is 40.3 Å². The lowest BCUT2D eigenvalue weighted by Gasteiger charge is -2.36. The number of piperazine rings is 1. The van der Waals surface area contributed by atoms with E-state index in [1.54, 1.807) is 18.2 Å². The largest absolute Gasteiger partial charge is 0.368 e. The number of amidine groups is 1. The minimum atomic E-state index is -0.443. The molecule has 2 aliphatic rings. The summed E-state index contributed by atoms with van der Waals surface area (Å²) >= 11 is 1.33. The molecule has 0 bridgehead atoms. The lowest BCUT2D eigenvalue weighted by Crippen LogP contribution is -2.47. The number of benzene rings is 2. The van der Waals surface area contributed by atoms with Gasteiger partial charge >= 0.3 is 0 Å². The molecule has 1 amide bonds. The van der Waals surface area contributed by atoms with Crippen molar-refractivity contribution in [3.05, 3.63) is 74.7 Å². The minimum absolute atomic E-state index is 0.00297. The van der Waals surface area contributed by atoms with E-state index < -0.39 is 4.92 Å². The molecular formula is C21H20N4O3S. The van der Waals surface area contributed by atoms with Crippen molar-refractivity contribution in [3.63, 3.8) is 0 Å². The number of carbonyl (C=O) groups is 1. The van der Waals surface area contributed by atoms with Gasteiger partial charge in [0.25, 0.3) is 11.6 Å². The van der Waals surface area contributed by atoms with Crippen LogP contribution in [0.3, 0.4) is 0 Å². The van der Waals surface area contributed by atoms with Gasteiger partial charge in [-0.1, -0.05) is 24.3 Å². The van der Waals surface area contributed by atoms with Crippen molar-refractivity contribution < 1.29 is 9.72 Å². The van der Waals surface area contributed by atoms with Crippen LogP contribution in [0.4, 0.5) is 11.4 Å². The molecule has 2 aliphatic heterocycles. The Hall–Kier alpha value is -3.13. The zero-order chi connectivity index (χ0) is 20.4. The molecule has 148 valence electrons. The molecule has 2 heterocycles. The number of aliphatic imine (C=N–C) groups is 1. The van der Waals surface area contributed by atoms with Crippen LogP contribution in [-0.4, -0.2) is 47.1 Å². The van der Waals surface area contributed by atoms with Crippen LogP contribution >= 0.6 is 11.8 Å². The number of hydrogen-bond donors (Lipinski definition) is 0. The Kier molecular flexibility index (Phi) is 5.35. The summed E-state index contributed by atoms with van der Waals surface area (Å²) in [5, 5.41) is 11.6. The number of rotatable bonds is 3. The molecule has 29 heavy (non-hydrogen) atoms. The summed E-state index contributed by atoms with van der Waals surface area (Å²) in [6.07, 6.45) is 1.67. The number of anilines is 1. The maximum Gasteiger partial charge on any atom is 0.286 e. The Morgan fingerprint density at radius 2 is 1.79 bits per heavy atom. The second-order valence-electron chi connectivity index (χ2n) is 6.98. The van der Waals surface area contributed by atoms with Gasteiger partial charge in [0.1, 0.15) is 0 Å². The van der Waals surface area contributed by atoms with Gasteiger partial charge in [-0.2, -0.15) is 4.99 Å². The smallest absolute Gasteiger partial charge is 0.286 e. The summed E-state index contributed by atoms with van der Waals surface area (Å²) in [5.74, 6) is -0.294. The third-order valence-electron chi connectivity index (χ3n) is 4.91. The molecule has 0 aliphatic carbocycles. The number of nitro benzene ring substituents is 1. The second-order valence-corrected chi connectivity index (χ2v) is 7.98. The van der Waals surface area contributed by atoms with Gasteiger partial charge in [-0.05, 0) is 48.0 Å². The van der Waals surface area contributed by atoms with Gasteiger partial charge < -0.3 is 9.80 Å². The van der Waals surface area contributed by atoms with E-state index in [1.165, 1.54) is 35.1 Å². The van der Waals surface area contributed by atoms with E-state index >= 15 is 0 Å². The number of non-ortho nitro benzene ring substituents is 1. The molecule has 0 N–H and O–H groups in total. The summed E-state index contributed by atoms with van der Waals surface area (Å²) in [6.45, 7) is 5.39. The molecule has 1 saturated heterocycles. The van der Waals surface area contributed by atoms with Gasteiger partial charge in [0.15, 0.2) is 5.17 Å². The van der Waals surface area contributed by atoms with Crippen LogP contribution in [-0.2, 0) is 4.79 Å². The van der Waals surface area contributed by atoms with E-state index in [9.17, 15) is 14.9 Å². The Morgan fingerprint density at radius 1 is 1.07 bits per heavy atom. The van der Waals surface area contributed by atoms with Gasteiger partial charge in [0.2, 0.25) is 0 Å².